The topological polar surface area (TPSA) is 0 Å². The molecular weight excluding hydrogens is 252 g/mol. The second-order valence-electron chi connectivity index (χ2n) is 5.62. The first-order valence-electron chi connectivity index (χ1n) is 7.81. The molecule has 1 radical (unpaired) electrons. The van der Waals surface area contributed by atoms with Crippen LogP contribution in [0.5, 0.6) is 0 Å². The van der Waals surface area contributed by atoms with Gasteiger partial charge >= 0.3 is 0 Å². The lowest BCUT2D eigenvalue weighted by atomic mass is 9.87. The Balaban J connectivity index is 1.85. The molecule has 0 aliphatic heterocycles. The van der Waals surface area contributed by atoms with Crippen molar-refractivity contribution in [2.24, 2.45) is 0 Å². The summed E-state index contributed by atoms with van der Waals surface area (Å²) >= 11 is 0. The lowest BCUT2D eigenvalue weighted by molar-refractivity contribution is 0.610. The Hall–Kier alpha value is -2.08. The van der Waals surface area contributed by atoms with E-state index in [4.69, 9.17) is 0 Å². The molecule has 0 aliphatic carbocycles. The van der Waals surface area contributed by atoms with Gasteiger partial charge in [-0.05, 0) is 53.1 Å². The Morgan fingerprint density at radius 1 is 0.905 bits per heavy atom. The number of rotatable bonds is 5. The van der Waals surface area contributed by atoms with E-state index in [1.165, 1.54) is 34.7 Å². The summed E-state index contributed by atoms with van der Waals surface area (Å²) in [4.78, 5) is 0. The van der Waals surface area contributed by atoms with Gasteiger partial charge < -0.3 is 0 Å². The number of hydrogen-bond donors (Lipinski definition) is 0. The zero-order valence-corrected chi connectivity index (χ0v) is 12.5. The zero-order chi connectivity index (χ0) is 14.5. The SMILES string of the molecule is CCC(CCc1cc[c]cc1)c1cccc2ccccc12. The minimum Gasteiger partial charge on any atom is -0.0648 e. The van der Waals surface area contributed by atoms with Gasteiger partial charge in [-0.25, -0.2) is 0 Å². The number of hydrogen-bond acceptors (Lipinski definition) is 0. The first kappa shape index (κ1) is 13.9. The van der Waals surface area contributed by atoms with Crippen LogP contribution in [-0.4, -0.2) is 0 Å². The molecule has 0 N–H and O–H groups in total. The molecule has 21 heavy (non-hydrogen) atoms. The predicted octanol–water partition coefficient (Wildman–Crippen LogP) is 5.77. The van der Waals surface area contributed by atoms with Gasteiger partial charge in [-0.3, -0.25) is 0 Å². The highest BCUT2D eigenvalue weighted by molar-refractivity contribution is 5.86. The highest BCUT2D eigenvalue weighted by atomic mass is 14.2. The van der Waals surface area contributed by atoms with Crippen LogP contribution >= 0.6 is 0 Å². The Morgan fingerprint density at radius 3 is 2.48 bits per heavy atom. The van der Waals surface area contributed by atoms with E-state index in [0.29, 0.717) is 5.92 Å². The van der Waals surface area contributed by atoms with Gasteiger partial charge in [-0.1, -0.05) is 73.7 Å². The summed E-state index contributed by atoms with van der Waals surface area (Å²) in [6.45, 7) is 2.30. The van der Waals surface area contributed by atoms with Crippen molar-refractivity contribution in [3.05, 3.63) is 83.9 Å². The third-order valence-electron chi connectivity index (χ3n) is 4.32. The summed E-state index contributed by atoms with van der Waals surface area (Å²) in [6, 6.07) is 26.9. The number of aryl methyl sites for hydroxylation is 1. The second kappa shape index (κ2) is 6.58. The van der Waals surface area contributed by atoms with Gasteiger partial charge in [-0.15, -0.1) is 0 Å². The van der Waals surface area contributed by atoms with Gasteiger partial charge in [0.25, 0.3) is 0 Å². The molecule has 3 aromatic rings. The molecule has 0 saturated heterocycles. The molecule has 1 atom stereocenters. The van der Waals surface area contributed by atoms with Gasteiger partial charge in [0.1, 0.15) is 0 Å². The van der Waals surface area contributed by atoms with Crippen LogP contribution in [0.3, 0.4) is 0 Å². The van der Waals surface area contributed by atoms with Crippen molar-refractivity contribution in [1.82, 2.24) is 0 Å². The van der Waals surface area contributed by atoms with Crippen LogP contribution < -0.4 is 0 Å². The molecule has 0 spiro atoms. The van der Waals surface area contributed by atoms with E-state index in [9.17, 15) is 0 Å². The number of benzene rings is 3. The average Bonchev–Trinajstić information content (AvgIpc) is 2.56. The largest absolute Gasteiger partial charge is 0.0648 e. The smallest absolute Gasteiger partial charge is 0.0149 e. The molecule has 1 unspecified atom stereocenters. The van der Waals surface area contributed by atoms with Crippen LogP contribution in [-0.2, 0) is 6.42 Å². The van der Waals surface area contributed by atoms with Crippen molar-refractivity contribution >= 4 is 10.8 Å². The molecule has 0 amide bonds. The monoisotopic (exact) mass is 273 g/mol. The molecule has 0 nitrogen and oxygen atoms in total. The quantitative estimate of drug-likeness (QED) is 0.554. The molecule has 105 valence electrons. The minimum atomic E-state index is 0.625. The first-order valence-corrected chi connectivity index (χ1v) is 7.81. The molecule has 0 saturated carbocycles. The Bertz CT molecular complexity index is 692. The van der Waals surface area contributed by atoms with E-state index in [-0.39, 0.29) is 0 Å². The van der Waals surface area contributed by atoms with E-state index >= 15 is 0 Å². The van der Waals surface area contributed by atoms with Gasteiger partial charge in [0, 0.05) is 0 Å². The van der Waals surface area contributed by atoms with Crippen LogP contribution in [0, 0.1) is 6.07 Å². The van der Waals surface area contributed by atoms with Crippen molar-refractivity contribution in [3.63, 3.8) is 0 Å². The maximum Gasteiger partial charge on any atom is -0.0149 e. The maximum atomic E-state index is 3.09. The van der Waals surface area contributed by atoms with Crippen molar-refractivity contribution in [3.8, 4) is 0 Å². The Labute approximate surface area is 127 Å². The highest BCUT2D eigenvalue weighted by Gasteiger charge is 2.12. The molecule has 3 aromatic carbocycles. The summed E-state index contributed by atoms with van der Waals surface area (Å²) in [6.07, 6.45) is 3.53. The van der Waals surface area contributed by atoms with Gasteiger partial charge in [-0.2, -0.15) is 0 Å². The van der Waals surface area contributed by atoms with Crippen LogP contribution in [0.15, 0.2) is 66.7 Å². The van der Waals surface area contributed by atoms with Gasteiger partial charge in [0.05, 0.1) is 0 Å². The summed E-state index contributed by atoms with van der Waals surface area (Å²) in [5, 5.41) is 2.76. The van der Waals surface area contributed by atoms with Crippen molar-refractivity contribution in [2.45, 2.75) is 32.1 Å². The fraction of sp³-hybridized carbons (Fsp3) is 0.238. The van der Waals surface area contributed by atoms with Gasteiger partial charge in [0.15, 0.2) is 0 Å². The van der Waals surface area contributed by atoms with E-state index < -0.39 is 0 Å². The summed E-state index contributed by atoms with van der Waals surface area (Å²) in [5.41, 5.74) is 2.91. The summed E-state index contributed by atoms with van der Waals surface area (Å²) < 4.78 is 0. The third-order valence-corrected chi connectivity index (χ3v) is 4.32. The zero-order valence-electron chi connectivity index (χ0n) is 12.5. The summed E-state index contributed by atoms with van der Waals surface area (Å²) in [7, 11) is 0. The van der Waals surface area contributed by atoms with Crippen molar-refractivity contribution in [2.75, 3.05) is 0 Å². The van der Waals surface area contributed by atoms with Crippen molar-refractivity contribution < 1.29 is 0 Å². The second-order valence-corrected chi connectivity index (χ2v) is 5.62. The maximum absolute atomic E-state index is 3.09. The molecular formula is C21H21. The summed E-state index contributed by atoms with van der Waals surface area (Å²) in [5.74, 6) is 0.625. The van der Waals surface area contributed by atoms with Crippen LogP contribution in [0.4, 0.5) is 0 Å². The highest BCUT2D eigenvalue weighted by Crippen LogP contribution is 2.31. The molecule has 0 heteroatoms. The number of fused-ring (bicyclic) bond motifs is 1. The fourth-order valence-electron chi connectivity index (χ4n) is 3.11. The standard InChI is InChI=1S/C21H21/c1-2-18(16-15-17-9-4-3-5-10-17)20-14-8-12-19-11-6-7-13-21(19)20/h4-14,18H,2,15-16H2,1H3. The van der Waals surface area contributed by atoms with E-state index in [2.05, 4.69) is 67.6 Å². The van der Waals surface area contributed by atoms with Gasteiger partial charge in [0.2, 0.25) is 0 Å². The third kappa shape index (κ3) is 3.16. The Morgan fingerprint density at radius 2 is 1.67 bits per heavy atom. The molecule has 3 rings (SSSR count). The van der Waals surface area contributed by atoms with Crippen LogP contribution in [0.25, 0.3) is 10.8 Å². The van der Waals surface area contributed by atoms with E-state index in [0.717, 1.165) is 6.42 Å². The van der Waals surface area contributed by atoms with E-state index in [1.54, 1.807) is 0 Å². The molecule has 0 fully saturated rings. The lowest BCUT2D eigenvalue weighted by Gasteiger charge is -2.18. The van der Waals surface area contributed by atoms with E-state index in [1.807, 2.05) is 12.1 Å². The first-order chi connectivity index (χ1) is 10.4. The molecule has 0 aliphatic rings. The van der Waals surface area contributed by atoms with Crippen LogP contribution in [0.1, 0.15) is 36.8 Å². The fourth-order valence-corrected chi connectivity index (χ4v) is 3.11. The average molecular weight is 273 g/mol. The van der Waals surface area contributed by atoms with Crippen molar-refractivity contribution in [1.29, 1.82) is 0 Å². The molecule has 0 heterocycles. The lowest BCUT2D eigenvalue weighted by Crippen LogP contribution is -2.00. The molecule has 0 aromatic heterocycles. The predicted molar refractivity (Wildman–Crippen MR) is 90.6 cm³/mol. The normalized spacial score (nSPS) is 12.4. The van der Waals surface area contributed by atoms with Crippen LogP contribution in [0.2, 0.25) is 0 Å². The molecule has 0 bridgehead atoms. The Kier molecular flexibility index (Phi) is 4.35. The minimum absolute atomic E-state index is 0.625.